The number of benzene rings is 1. The van der Waals surface area contributed by atoms with Crippen molar-refractivity contribution in [3.63, 3.8) is 0 Å². The average molecular weight is 357 g/mol. The maximum absolute atomic E-state index is 14.4. The lowest BCUT2D eigenvalue weighted by Crippen LogP contribution is -2.36. The Balaban J connectivity index is 1.87. The number of rotatable bonds is 1. The van der Waals surface area contributed by atoms with Crippen molar-refractivity contribution < 1.29 is 9.18 Å². The van der Waals surface area contributed by atoms with Crippen molar-refractivity contribution in [3.8, 4) is 0 Å². The smallest absolute Gasteiger partial charge is 0.268 e. The minimum absolute atomic E-state index is 0.178. The van der Waals surface area contributed by atoms with Gasteiger partial charge in [0.05, 0.1) is 22.3 Å². The number of para-hydroxylation sites is 1. The van der Waals surface area contributed by atoms with Crippen molar-refractivity contribution >= 4 is 33.1 Å². The fraction of sp³-hybridized carbons (Fsp3) is 0.278. The number of hydrogen-bond donors (Lipinski definition) is 0. The molecule has 128 valence electrons. The highest BCUT2D eigenvalue weighted by Crippen LogP contribution is 2.34. The topological polar surface area (TPSA) is 55.2 Å². The molecule has 25 heavy (non-hydrogen) atoms. The van der Waals surface area contributed by atoms with E-state index in [0.717, 1.165) is 18.4 Å². The van der Waals surface area contributed by atoms with Crippen LogP contribution >= 0.6 is 11.3 Å². The molecule has 0 atom stereocenters. The van der Waals surface area contributed by atoms with Crippen molar-refractivity contribution in [1.82, 2.24) is 9.55 Å². The molecule has 1 amide bonds. The number of aromatic nitrogens is 2. The van der Waals surface area contributed by atoms with Gasteiger partial charge in [-0.3, -0.25) is 9.59 Å². The van der Waals surface area contributed by atoms with Gasteiger partial charge in [0.1, 0.15) is 10.6 Å². The Hall–Kier alpha value is -2.54. The molecule has 2 aromatic heterocycles. The van der Waals surface area contributed by atoms with Crippen LogP contribution in [0.4, 0.5) is 10.1 Å². The zero-order valence-electron chi connectivity index (χ0n) is 13.9. The summed E-state index contributed by atoms with van der Waals surface area (Å²) >= 11 is 1.19. The molecule has 4 rings (SSSR count). The summed E-state index contributed by atoms with van der Waals surface area (Å²) in [5.74, 6) is -0.660. The Morgan fingerprint density at radius 3 is 2.96 bits per heavy atom. The van der Waals surface area contributed by atoms with E-state index in [1.807, 2.05) is 6.07 Å². The number of thiophene rings is 1. The summed E-state index contributed by atoms with van der Waals surface area (Å²) in [4.78, 5) is 32.2. The van der Waals surface area contributed by atoms with E-state index in [1.54, 1.807) is 20.0 Å². The van der Waals surface area contributed by atoms with Crippen molar-refractivity contribution in [2.24, 2.45) is 7.05 Å². The van der Waals surface area contributed by atoms with Gasteiger partial charge in [0.25, 0.3) is 11.5 Å². The highest BCUT2D eigenvalue weighted by Gasteiger charge is 2.29. The first kappa shape index (κ1) is 16.0. The molecule has 0 unspecified atom stereocenters. The first-order chi connectivity index (χ1) is 12.0. The van der Waals surface area contributed by atoms with Crippen LogP contribution in [0.25, 0.3) is 10.2 Å². The van der Waals surface area contributed by atoms with Gasteiger partial charge in [-0.05, 0) is 37.0 Å². The van der Waals surface area contributed by atoms with Gasteiger partial charge in [0, 0.05) is 13.6 Å². The highest BCUT2D eigenvalue weighted by molar-refractivity contribution is 7.20. The molecule has 0 spiro atoms. The lowest BCUT2D eigenvalue weighted by Gasteiger charge is -2.29. The van der Waals surface area contributed by atoms with Crippen LogP contribution in [0.2, 0.25) is 0 Å². The van der Waals surface area contributed by atoms with Gasteiger partial charge in [0.15, 0.2) is 0 Å². The van der Waals surface area contributed by atoms with E-state index in [0.29, 0.717) is 32.9 Å². The molecular weight excluding hydrogens is 341 g/mol. The first-order valence-corrected chi connectivity index (χ1v) is 8.84. The van der Waals surface area contributed by atoms with Crippen LogP contribution < -0.4 is 10.5 Å². The number of aryl methyl sites for hydroxylation is 3. The fourth-order valence-corrected chi connectivity index (χ4v) is 4.43. The van der Waals surface area contributed by atoms with Gasteiger partial charge >= 0.3 is 0 Å². The van der Waals surface area contributed by atoms with Gasteiger partial charge in [-0.15, -0.1) is 11.3 Å². The Morgan fingerprint density at radius 2 is 2.16 bits per heavy atom. The standard InChI is InChI=1S/C18H16FN3O2S/c1-10-13-16(20-9-21(2)17(13)23)25-15(10)18(24)22-8-4-6-11-5-3-7-12(19)14(11)22/h3,5,7,9H,4,6,8H2,1-2H3. The summed E-state index contributed by atoms with van der Waals surface area (Å²) in [6, 6.07) is 4.90. The van der Waals surface area contributed by atoms with Crippen LogP contribution in [-0.4, -0.2) is 22.0 Å². The lowest BCUT2D eigenvalue weighted by molar-refractivity contribution is 0.0987. The van der Waals surface area contributed by atoms with E-state index in [1.165, 1.54) is 33.2 Å². The van der Waals surface area contributed by atoms with Gasteiger partial charge in [-0.2, -0.15) is 0 Å². The second kappa shape index (κ2) is 5.77. The molecule has 3 heterocycles. The SMILES string of the molecule is Cc1c(C(=O)N2CCCc3cccc(F)c32)sc2ncn(C)c(=O)c12. The van der Waals surface area contributed by atoms with E-state index in [-0.39, 0.29) is 11.5 Å². The second-order valence-electron chi connectivity index (χ2n) is 6.20. The maximum Gasteiger partial charge on any atom is 0.268 e. The van der Waals surface area contributed by atoms with Crippen molar-refractivity contribution in [1.29, 1.82) is 0 Å². The number of fused-ring (bicyclic) bond motifs is 2. The zero-order chi connectivity index (χ0) is 17.7. The molecule has 0 fully saturated rings. The van der Waals surface area contributed by atoms with E-state index in [2.05, 4.69) is 4.98 Å². The summed E-state index contributed by atoms with van der Waals surface area (Å²) < 4.78 is 15.8. The van der Waals surface area contributed by atoms with E-state index >= 15 is 0 Å². The van der Waals surface area contributed by atoms with Crippen LogP contribution in [0.15, 0.2) is 29.3 Å². The van der Waals surface area contributed by atoms with Gasteiger partial charge in [0.2, 0.25) is 0 Å². The number of hydrogen-bond acceptors (Lipinski definition) is 4. The molecule has 3 aromatic rings. The van der Waals surface area contributed by atoms with Gasteiger partial charge in [-0.1, -0.05) is 12.1 Å². The predicted molar refractivity (Wildman–Crippen MR) is 96.0 cm³/mol. The van der Waals surface area contributed by atoms with Crippen molar-refractivity contribution in [3.05, 3.63) is 56.7 Å². The molecule has 1 aliphatic rings. The summed E-state index contributed by atoms with van der Waals surface area (Å²) in [6.07, 6.45) is 2.99. The zero-order valence-corrected chi connectivity index (χ0v) is 14.7. The average Bonchev–Trinajstić information content (AvgIpc) is 2.95. The van der Waals surface area contributed by atoms with Crippen LogP contribution in [0.3, 0.4) is 0 Å². The van der Waals surface area contributed by atoms with E-state index in [9.17, 15) is 14.0 Å². The minimum Gasteiger partial charge on any atom is -0.305 e. The summed E-state index contributed by atoms with van der Waals surface area (Å²) in [5.41, 5.74) is 1.63. The van der Waals surface area contributed by atoms with Crippen LogP contribution in [0.5, 0.6) is 0 Å². The molecular formula is C18H16FN3O2S. The van der Waals surface area contributed by atoms with Crippen molar-refractivity contribution in [2.45, 2.75) is 19.8 Å². The highest BCUT2D eigenvalue weighted by atomic mass is 32.1. The van der Waals surface area contributed by atoms with Crippen molar-refractivity contribution in [2.75, 3.05) is 11.4 Å². The molecule has 1 aromatic carbocycles. The summed E-state index contributed by atoms with van der Waals surface area (Å²) in [5, 5.41) is 0.462. The van der Waals surface area contributed by atoms with E-state index in [4.69, 9.17) is 0 Å². The summed E-state index contributed by atoms with van der Waals surface area (Å²) in [7, 11) is 1.63. The number of anilines is 1. The van der Waals surface area contributed by atoms with Crippen LogP contribution in [0, 0.1) is 12.7 Å². The molecule has 0 aliphatic carbocycles. The number of amides is 1. The van der Waals surface area contributed by atoms with Crippen LogP contribution in [-0.2, 0) is 13.5 Å². The molecule has 5 nitrogen and oxygen atoms in total. The number of nitrogens with zero attached hydrogens (tertiary/aromatic N) is 3. The number of halogens is 1. The van der Waals surface area contributed by atoms with Gasteiger partial charge < -0.3 is 9.47 Å². The predicted octanol–water partition coefficient (Wildman–Crippen LogP) is 3.04. The minimum atomic E-state index is -0.390. The Bertz CT molecular complexity index is 1070. The summed E-state index contributed by atoms with van der Waals surface area (Å²) in [6.45, 7) is 2.22. The monoisotopic (exact) mass is 357 g/mol. The lowest BCUT2D eigenvalue weighted by atomic mass is 10.0. The fourth-order valence-electron chi connectivity index (χ4n) is 3.34. The second-order valence-corrected chi connectivity index (χ2v) is 7.20. The molecule has 1 aliphatic heterocycles. The third-order valence-electron chi connectivity index (χ3n) is 4.62. The third kappa shape index (κ3) is 2.38. The van der Waals surface area contributed by atoms with E-state index < -0.39 is 5.82 Å². The Labute approximate surface area is 147 Å². The van der Waals surface area contributed by atoms with Crippen LogP contribution in [0.1, 0.15) is 27.2 Å². The Kier molecular flexibility index (Phi) is 3.68. The molecule has 0 bridgehead atoms. The Morgan fingerprint density at radius 1 is 1.36 bits per heavy atom. The molecule has 0 saturated heterocycles. The normalized spacial score (nSPS) is 14.0. The number of carbonyl (C=O) groups excluding carboxylic acids is 1. The number of carbonyl (C=O) groups is 1. The maximum atomic E-state index is 14.4. The molecule has 0 radical (unpaired) electrons. The quantitative estimate of drug-likeness (QED) is 0.673. The third-order valence-corrected chi connectivity index (χ3v) is 5.81. The molecule has 7 heteroatoms. The molecule has 0 saturated carbocycles. The van der Waals surface area contributed by atoms with Gasteiger partial charge in [-0.25, -0.2) is 9.37 Å². The largest absolute Gasteiger partial charge is 0.305 e. The first-order valence-electron chi connectivity index (χ1n) is 8.03. The molecule has 0 N–H and O–H groups in total.